The van der Waals surface area contributed by atoms with Gasteiger partial charge in [0, 0.05) is 32.2 Å². The maximum Gasteiger partial charge on any atom is 0.220 e. The van der Waals surface area contributed by atoms with Crippen LogP contribution in [0.4, 0.5) is 0 Å². The van der Waals surface area contributed by atoms with Crippen LogP contribution >= 0.6 is 0 Å². The molecule has 102 valence electrons. The number of hydrogen-bond donors (Lipinski definition) is 2. The molecule has 2 atom stereocenters. The van der Waals surface area contributed by atoms with Gasteiger partial charge in [0.2, 0.25) is 5.91 Å². The first-order valence-corrected chi connectivity index (χ1v) is 6.33. The molecule has 0 aliphatic carbocycles. The Bertz CT molecular complexity index is 231. The number of carbonyl (C=O) groups excluding carboxylic acids is 1. The zero-order valence-corrected chi connectivity index (χ0v) is 11.9. The zero-order valence-electron chi connectivity index (χ0n) is 11.9. The first kappa shape index (κ1) is 16.4. The molecular weight excluding hydrogens is 216 g/mol. The summed E-state index contributed by atoms with van der Waals surface area (Å²) >= 11 is 0. The third-order valence-electron chi connectivity index (χ3n) is 2.74. The van der Waals surface area contributed by atoms with E-state index in [0.717, 1.165) is 6.42 Å². The highest BCUT2D eigenvalue weighted by Crippen LogP contribution is 2.16. The molecule has 4 nitrogen and oxygen atoms in total. The minimum absolute atomic E-state index is 0.0585. The van der Waals surface area contributed by atoms with Gasteiger partial charge in [-0.3, -0.25) is 4.79 Å². The van der Waals surface area contributed by atoms with Gasteiger partial charge in [-0.1, -0.05) is 20.8 Å². The van der Waals surface area contributed by atoms with Crippen LogP contribution in [0.2, 0.25) is 0 Å². The number of ether oxygens (including phenoxy) is 1. The summed E-state index contributed by atoms with van der Waals surface area (Å²) in [5.74, 6) is 0.810. The van der Waals surface area contributed by atoms with E-state index in [2.05, 4.69) is 19.2 Å². The van der Waals surface area contributed by atoms with E-state index in [1.165, 1.54) is 0 Å². The molecule has 1 amide bonds. The second-order valence-corrected chi connectivity index (χ2v) is 5.68. The molecule has 0 spiro atoms. The summed E-state index contributed by atoms with van der Waals surface area (Å²) < 4.78 is 5.02. The summed E-state index contributed by atoms with van der Waals surface area (Å²) in [6.07, 6.45) is 1.38. The van der Waals surface area contributed by atoms with Crippen molar-refractivity contribution in [1.29, 1.82) is 0 Å². The Balaban J connectivity index is 4.22. The van der Waals surface area contributed by atoms with Crippen LogP contribution in [0.15, 0.2) is 0 Å². The molecular formula is C13H28N2O2. The molecule has 0 aliphatic heterocycles. The van der Waals surface area contributed by atoms with Crippen LogP contribution in [0.5, 0.6) is 0 Å². The number of nitrogens with one attached hydrogen (secondary N) is 1. The lowest BCUT2D eigenvalue weighted by molar-refractivity contribution is -0.124. The van der Waals surface area contributed by atoms with Crippen LogP contribution < -0.4 is 11.1 Å². The molecule has 4 heteroatoms. The van der Waals surface area contributed by atoms with Gasteiger partial charge in [-0.05, 0) is 25.2 Å². The van der Waals surface area contributed by atoms with E-state index in [4.69, 9.17) is 10.5 Å². The van der Waals surface area contributed by atoms with Crippen molar-refractivity contribution < 1.29 is 9.53 Å². The minimum Gasteiger partial charge on any atom is -0.384 e. The molecule has 0 saturated heterocycles. The Morgan fingerprint density at radius 1 is 1.41 bits per heavy atom. The van der Waals surface area contributed by atoms with Crippen molar-refractivity contribution in [2.45, 2.75) is 46.1 Å². The Labute approximate surface area is 105 Å². The van der Waals surface area contributed by atoms with Gasteiger partial charge in [-0.2, -0.15) is 0 Å². The summed E-state index contributed by atoms with van der Waals surface area (Å²) in [5.41, 5.74) is 5.46. The Kier molecular flexibility index (Phi) is 7.39. The molecule has 0 aromatic rings. The largest absolute Gasteiger partial charge is 0.384 e. The summed E-state index contributed by atoms with van der Waals surface area (Å²) in [5, 5.41) is 3.04. The predicted molar refractivity (Wildman–Crippen MR) is 70.7 cm³/mol. The van der Waals surface area contributed by atoms with Gasteiger partial charge in [0.1, 0.15) is 0 Å². The van der Waals surface area contributed by atoms with Gasteiger partial charge in [-0.25, -0.2) is 0 Å². The van der Waals surface area contributed by atoms with Crippen LogP contribution in [0.25, 0.3) is 0 Å². The second kappa shape index (κ2) is 7.67. The second-order valence-electron chi connectivity index (χ2n) is 5.68. The zero-order chi connectivity index (χ0) is 13.5. The Morgan fingerprint density at radius 3 is 2.41 bits per heavy atom. The van der Waals surface area contributed by atoms with Crippen molar-refractivity contribution in [3.05, 3.63) is 0 Å². The third-order valence-corrected chi connectivity index (χ3v) is 2.74. The van der Waals surface area contributed by atoms with Gasteiger partial charge in [0.15, 0.2) is 0 Å². The molecule has 0 saturated carbocycles. The number of methoxy groups -OCH3 is 1. The summed E-state index contributed by atoms with van der Waals surface area (Å²) in [4.78, 5) is 11.9. The minimum atomic E-state index is -0.294. The van der Waals surface area contributed by atoms with Crippen molar-refractivity contribution in [1.82, 2.24) is 5.32 Å². The first-order valence-electron chi connectivity index (χ1n) is 6.33. The van der Waals surface area contributed by atoms with Gasteiger partial charge >= 0.3 is 0 Å². The molecule has 0 heterocycles. The van der Waals surface area contributed by atoms with Crippen LogP contribution in [-0.4, -0.2) is 31.7 Å². The lowest BCUT2D eigenvalue weighted by Crippen LogP contribution is -2.52. The number of hydrogen-bond acceptors (Lipinski definition) is 3. The molecule has 0 aromatic carbocycles. The molecule has 17 heavy (non-hydrogen) atoms. The normalized spacial score (nSPS) is 16.6. The van der Waals surface area contributed by atoms with Crippen molar-refractivity contribution in [3.8, 4) is 0 Å². The third kappa shape index (κ3) is 7.34. The fourth-order valence-electron chi connectivity index (χ4n) is 2.13. The SMILES string of the molecule is COCC(C)CC(=O)NC(C)(CN)CC(C)C. The average Bonchev–Trinajstić information content (AvgIpc) is 2.15. The standard InChI is InChI=1S/C13H28N2O2/c1-10(2)7-13(4,9-14)15-12(16)6-11(3)8-17-5/h10-11H,6-9,14H2,1-5H3,(H,15,16). The first-order chi connectivity index (χ1) is 7.83. The highest BCUT2D eigenvalue weighted by atomic mass is 16.5. The van der Waals surface area contributed by atoms with Gasteiger partial charge in [0.25, 0.3) is 0 Å². The van der Waals surface area contributed by atoms with Gasteiger partial charge in [-0.15, -0.1) is 0 Å². The van der Waals surface area contributed by atoms with E-state index in [-0.39, 0.29) is 17.4 Å². The summed E-state index contributed by atoms with van der Waals surface area (Å²) in [6, 6.07) is 0. The molecule has 0 aliphatic rings. The smallest absolute Gasteiger partial charge is 0.220 e. The van der Waals surface area contributed by atoms with Crippen molar-refractivity contribution in [2.24, 2.45) is 17.6 Å². The average molecular weight is 244 g/mol. The van der Waals surface area contributed by atoms with E-state index in [9.17, 15) is 4.79 Å². The number of amides is 1. The Hall–Kier alpha value is -0.610. The number of nitrogens with two attached hydrogens (primary N) is 1. The van der Waals surface area contributed by atoms with E-state index < -0.39 is 0 Å². The van der Waals surface area contributed by atoms with E-state index in [1.54, 1.807) is 7.11 Å². The molecule has 0 fully saturated rings. The lowest BCUT2D eigenvalue weighted by Gasteiger charge is -2.31. The quantitative estimate of drug-likeness (QED) is 0.680. The maximum absolute atomic E-state index is 11.9. The predicted octanol–water partition coefficient (Wildman–Crippen LogP) is 1.54. The van der Waals surface area contributed by atoms with Gasteiger partial charge < -0.3 is 15.8 Å². The Morgan fingerprint density at radius 2 is 2.00 bits per heavy atom. The van der Waals surface area contributed by atoms with Crippen LogP contribution in [-0.2, 0) is 9.53 Å². The number of carbonyl (C=O) groups is 1. The fraction of sp³-hybridized carbons (Fsp3) is 0.923. The highest BCUT2D eigenvalue weighted by molar-refractivity contribution is 5.77. The van der Waals surface area contributed by atoms with E-state index >= 15 is 0 Å². The molecule has 0 radical (unpaired) electrons. The monoisotopic (exact) mass is 244 g/mol. The molecule has 2 unspecified atom stereocenters. The molecule has 3 N–H and O–H groups in total. The van der Waals surface area contributed by atoms with Crippen LogP contribution in [0.3, 0.4) is 0 Å². The van der Waals surface area contributed by atoms with Crippen molar-refractivity contribution >= 4 is 5.91 Å². The number of rotatable bonds is 8. The summed E-state index contributed by atoms with van der Waals surface area (Å²) in [7, 11) is 1.65. The molecule has 0 bridgehead atoms. The molecule has 0 aromatic heterocycles. The fourth-order valence-corrected chi connectivity index (χ4v) is 2.13. The van der Waals surface area contributed by atoms with E-state index in [0.29, 0.717) is 25.5 Å². The molecule has 0 rings (SSSR count). The lowest BCUT2D eigenvalue weighted by atomic mass is 9.90. The van der Waals surface area contributed by atoms with Crippen molar-refractivity contribution in [3.63, 3.8) is 0 Å². The highest BCUT2D eigenvalue weighted by Gasteiger charge is 2.26. The van der Waals surface area contributed by atoms with Crippen LogP contribution in [0.1, 0.15) is 40.5 Å². The van der Waals surface area contributed by atoms with Gasteiger partial charge in [0.05, 0.1) is 0 Å². The van der Waals surface area contributed by atoms with Crippen LogP contribution in [0, 0.1) is 11.8 Å². The van der Waals surface area contributed by atoms with E-state index in [1.807, 2.05) is 13.8 Å². The maximum atomic E-state index is 11.9. The van der Waals surface area contributed by atoms with Crippen molar-refractivity contribution in [2.75, 3.05) is 20.3 Å². The topological polar surface area (TPSA) is 64.3 Å². The summed E-state index contributed by atoms with van der Waals surface area (Å²) in [6.45, 7) is 9.35.